The van der Waals surface area contributed by atoms with Crippen LogP contribution in [0.5, 0.6) is 0 Å². The molecule has 17 heteroatoms. The second-order valence-corrected chi connectivity index (χ2v) is 19.2. The van der Waals surface area contributed by atoms with Gasteiger partial charge in [0.1, 0.15) is 18.1 Å². The molecule has 7 heterocycles. The van der Waals surface area contributed by atoms with Gasteiger partial charge in [-0.25, -0.2) is 15.4 Å². The van der Waals surface area contributed by atoms with Gasteiger partial charge in [0.25, 0.3) is 5.91 Å². The molecule has 1 unspecified atom stereocenters. The third kappa shape index (κ3) is 9.47. The van der Waals surface area contributed by atoms with Gasteiger partial charge >= 0.3 is 5.97 Å². The van der Waals surface area contributed by atoms with E-state index >= 15 is 0 Å². The number of rotatable bonds is 10. The predicted octanol–water partition coefficient (Wildman–Crippen LogP) is 5.12. The third-order valence-corrected chi connectivity index (χ3v) is 13.5. The number of ether oxygens (including phenoxy) is 2. The molecule has 6 bridgehead atoms. The van der Waals surface area contributed by atoms with Gasteiger partial charge in [-0.15, -0.1) is 11.3 Å². The minimum absolute atomic E-state index is 0.0474. The predicted molar refractivity (Wildman–Crippen MR) is 243 cm³/mol. The summed E-state index contributed by atoms with van der Waals surface area (Å²) in [6.07, 6.45) is 4.75. The van der Waals surface area contributed by atoms with E-state index in [0.29, 0.717) is 61.7 Å². The van der Waals surface area contributed by atoms with Crippen molar-refractivity contribution in [3.63, 3.8) is 0 Å². The van der Waals surface area contributed by atoms with Crippen LogP contribution in [0.4, 0.5) is 0 Å². The smallest absolute Gasteiger partial charge is 0.324 e. The first kappa shape index (κ1) is 46.5. The average Bonchev–Trinajstić information content (AvgIpc) is 4.05. The molecule has 4 aromatic rings. The number of aromatic nitrogens is 4. The molecule has 2 saturated heterocycles. The highest BCUT2D eigenvalue weighted by molar-refractivity contribution is 7.10. The zero-order valence-corrected chi connectivity index (χ0v) is 39.0. The quantitative estimate of drug-likeness (QED) is 0.160. The van der Waals surface area contributed by atoms with Crippen molar-refractivity contribution in [3.8, 4) is 22.6 Å². The summed E-state index contributed by atoms with van der Waals surface area (Å²) in [5.74, 6) is -2.70. The van der Waals surface area contributed by atoms with Crippen LogP contribution in [0.15, 0.2) is 48.5 Å². The van der Waals surface area contributed by atoms with Crippen molar-refractivity contribution in [1.82, 2.24) is 45.1 Å². The number of fused-ring (bicyclic) bond motifs is 6. The Kier molecular flexibility index (Phi) is 14.0. The van der Waals surface area contributed by atoms with Crippen LogP contribution >= 0.6 is 11.3 Å². The van der Waals surface area contributed by atoms with E-state index in [0.717, 1.165) is 33.5 Å². The number of esters is 1. The summed E-state index contributed by atoms with van der Waals surface area (Å²) >= 11 is 1.36. The number of hydrazine groups is 1. The number of nitrogens with one attached hydrogen (secondary N) is 2. The first-order chi connectivity index (χ1) is 30.5. The third-order valence-electron chi connectivity index (χ3n) is 12.6. The maximum Gasteiger partial charge on any atom is 0.324 e. The van der Waals surface area contributed by atoms with E-state index in [2.05, 4.69) is 54.8 Å². The molecule has 0 aromatic carbocycles. The van der Waals surface area contributed by atoms with Crippen LogP contribution in [0.1, 0.15) is 83.2 Å². The fraction of sp³-hybridized carbons (Fsp3) is 0.532. The van der Waals surface area contributed by atoms with Gasteiger partial charge < -0.3 is 29.2 Å². The zero-order valence-electron chi connectivity index (χ0n) is 38.2. The van der Waals surface area contributed by atoms with Crippen molar-refractivity contribution >= 4 is 52.0 Å². The highest BCUT2D eigenvalue weighted by Gasteiger charge is 2.40. The summed E-state index contributed by atoms with van der Waals surface area (Å²) in [4.78, 5) is 87.1. The minimum atomic E-state index is -1.10. The van der Waals surface area contributed by atoms with Gasteiger partial charge in [0.15, 0.2) is 0 Å². The minimum Gasteiger partial charge on any atom is -0.464 e. The van der Waals surface area contributed by atoms with E-state index in [1.807, 2.05) is 38.3 Å². The number of hydrogen-bond donors (Lipinski definition) is 2. The van der Waals surface area contributed by atoms with Crippen LogP contribution in [-0.4, -0.2) is 122 Å². The summed E-state index contributed by atoms with van der Waals surface area (Å²) in [5.41, 5.74) is 9.28. The normalized spacial score (nSPS) is 21.3. The van der Waals surface area contributed by atoms with Gasteiger partial charge in [-0.2, -0.15) is 0 Å². The number of nitrogens with zero attached hydrogens (tertiary/aromatic N) is 7. The molecule has 0 radical (unpaired) electrons. The summed E-state index contributed by atoms with van der Waals surface area (Å²) in [6.45, 7) is 17.2. The maximum atomic E-state index is 14.6. The summed E-state index contributed by atoms with van der Waals surface area (Å²) < 4.78 is 14.1. The largest absolute Gasteiger partial charge is 0.464 e. The van der Waals surface area contributed by atoms with Gasteiger partial charge in [0.05, 0.1) is 57.4 Å². The Morgan fingerprint density at radius 2 is 1.91 bits per heavy atom. The number of likely N-dealkylation sites (tertiary alicyclic amines) is 1. The number of carbonyl (C=O) groups is 5. The number of cyclic esters (lactones) is 1. The van der Waals surface area contributed by atoms with Crippen LogP contribution < -0.4 is 10.7 Å². The van der Waals surface area contributed by atoms with E-state index in [1.165, 1.54) is 27.3 Å². The second kappa shape index (κ2) is 19.3. The standard InChI is InChI=1S/C47H61N9O7S/c1-10-38(57)54-21-18-29(24-54)44(59)53(8)41(27(3)4)43(58)51-34-22-37-49-35(25-64-37)32-16-17-36-40(50-32)31(42(55(36)11-2)30-14-12-19-48-39(30)28(5)62-9)23-47(6,7)26-63-46(61)33-15-13-20-56(52-33)45(34)60/h10,12,14,16-17,19,25,27-29,33-34,41,52H,1,11,13,15,18,20-24,26H2,2-9H3,(H,51,58)/t28-,29-,33-,34-,41?/m0/s1. The number of aryl methyl sites for hydroxylation is 1. The lowest BCUT2D eigenvalue weighted by Crippen LogP contribution is -2.62. The lowest BCUT2D eigenvalue weighted by Gasteiger charge is -2.36. The first-order valence-corrected chi connectivity index (χ1v) is 23.1. The molecule has 2 N–H and O–H groups in total. The topological polar surface area (TPSA) is 181 Å². The number of thiazole rings is 1. The van der Waals surface area contributed by atoms with Crippen molar-refractivity contribution < 1.29 is 33.4 Å². The molecular formula is C47H61N9O7S. The van der Waals surface area contributed by atoms with Crippen molar-refractivity contribution in [2.24, 2.45) is 17.3 Å². The van der Waals surface area contributed by atoms with Crippen molar-refractivity contribution in [1.29, 1.82) is 0 Å². The number of carbonyl (C=O) groups excluding carboxylic acids is 5. The lowest BCUT2D eigenvalue weighted by atomic mass is 9.85. The molecule has 16 nitrogen and oxygen atoms in total. The molecule has 2 fully saturated rings. The van der Waals surface area contributed by atoms with E-state index in [9.17, 15) is 24.0 Å². The number of likely N-dealkylation sites (N-methyl/N-ethyl adjacent to an activating group) is 1. The van der Waals surface area contributed by atoms with Gasteiger partial charge in [0.2, 0.25) is 17.7 Å². The maximum absolute atomic E-state index is 14.6. The molecule has 64 heavy (non-hydrogen) atoms. The van der Waals surface area contributed by atoms with E-state index in [4.69, 9.17) is 24.4 Å². The summed E-state index contributed by atoms with van der Waals surface area (Å²) in [6, 6.07) is 5.18. The number of amides is 4. The molecule has 5 atom stereocenters. The van der Waals surface area contributed by atoms with Crippen LogP contribution in [0.2, 0.25) is 0 Å². The van der Waals surface area contributed by atoms with E-state index < -0.39 is 47.2 Å². The fourth-order valence-corrected chi connectivity index (χ4v) is 10.1. The molecule has 0 aliphatic carbocycles. The van der Waals surface area contributed by atoms with Gasteiger partial charge in [-0.1, -0.05) is 34.3 Å². The Labute approximate surface area is 378 Å². The van der Waals surface area contributed by atoms with Crippen molar-refractivity contribution in [2.75, 3.05) is 40.4 Å². The zero-order chi connectivity index (χ0) is 46.0. The Balaban J connectivity index is 1.27. The lowest BCUT2D eigenvalue weighted by molar-refractivity contribution is -0.155. The Bertz CT molecular complexity index is 2430. The molecule has 3 aliphatic rings. The number of methoxy groups -OCH3 is 1. The summed E-state index contributed by atoms with van der Waals surface area (Å²) in [7, 11) is 3.26. The molecule has 4 aromatic heterocycles. The van der Waals surface area contributed by atoms with Gasteiger partial charge in [-0.05, 0) is 75.8 Å². The Morgan fingerprint density at radius 3 is 2.62 bits per heavy atom. The first-order valence-electron chi connectivity index (χ1n) is 22.2. The molecule has 342 valence electrons. The molecule has 0 saturated carbocycles. The molecule has 7 rings (SSSR count). The van der Waals surface area contributed by atoms with Crippen molar-refractivity contribution in [2.45, 2.75) is 104 Å². The highest BCUT2D eigenvalue weighted by Crippen LogP contribution is 2.41. The molecule has 0 spiro atoms. The number of hydrogen-bond acceptors (Lipinski definition) is 12. The molecular weight excluding hydrogens is 835 g/mol. The monoisotopic (exact) mass is 895 g/mol. The molecule has 4 amide bonds. The second-order valence-electron chi connectivity index (χ2n) is 18.2. The Morgan fingerprint density at radius 1 is 1.12 bits per heavy atom. The molecule has 3 aliphatic heterocycles. The van der Waals surface area contributed by atoms with Gasteiger partial charge in [0, 0.05) is 74.9 Å². The van der Waals surface area contributed by atoms with Gasteiger partial charge in [-0.3, -0.25) is 34.0 Å². The van der Waals surface area contributed by atoms with Crippen LogP contribution in [0.25, 0.3) is 33.7 Å². The fourth-order valence-electron chi connectivity index (χ4n) is 9.28. The summed E-state index contributed by atoms with van der Waals surface area (Å²) in [5, 5.41) is 6.91. The number of pyridine rings is 2. The SMILES string of the molecule is C=CC(=O)N1CC[C@H](C(=O)N(C)C(C(=O)N[C@H]2Cc3nc(cs3)-c3ccc4c(n3)c(c(-c3cccnc3[C@H](C)OC)n4CC)CC(C)(C)COC(=O)[C@@H]3CCCN(N3)C2=O)C(C)C)C1. The van der Waals surface area contributed by atoms with E-state index in [1.54, 1.807) is 25.3 Å². The average molecular weight is 896 g/mol. The van der Waals surface area contributed by atoms with Crippen LogP contribution in [0.3, 0.4) is 0 Å². The van der Waals surface area contributed by atoms with Crippen molar-refractivity contribution in [3.05, 3.63) is 64.8 Å². The van der Waals surface area contributed by atoms with Crippen LogP contribution in [0, 0.1) is 17.3 Å². The Hall–Kier alpha value is -5.52. The highest BCUT2D eigenvalue weighted by atomic mass is 32.1. The van der Waals surface area contributed by atoms with E-state index in [-0.39, 0.29) is 43.4 Å². The van der Waals surface area contributed by atoms with Crippen LogP contribution in [-0.2, 0) is 52.8 Å².